The SMILES string of the molecule is C.C.C.C.C#N.C#N.C#N.C#N. The summed E-state index contributed by atoms with van der Waals surface area (Å²) < 4.78 is 0. The van der Waals surface area contributed by atoms with Crippen LogP contribution in [0.25, 0.3) is 0 Å². The predicted molar refractivity (Wildman–Crippen MR) is 53.6 cm³/mol. The van der Waals surface area contributed by atoms with Gasteiger partial charge in [0.15, 0.2) is 0 Å². The average molecular weight is 172 g/mol. The topological polar surface area (TPSA) is 95.2 Å². The van der Waals surface area contributed by atoms with Gasteiger partial charge in [-0.05, 0) is 0 Å². The van der Waals surface area contributed by atoms with Crippen LogP contribution in [0.5, 0.6) is 0 Å². The minimum Gasteiger partial charge on any atom is -0.202 e. The first-order chi connectivity index (χ1) is 4.00. The van der Waals surface area contributed by atoms with E-state index in [4.69, 9.17) is 21.0 Å². The third-order valence-electron chi connectivity index (χ3n) is 0. The molecular formula is C8H20N4. The normalized spacial score (nSPS) is 0.667. The highest BCUT2D eigenvalue weighted by Gasteiger charge is 0.519. The molecule has 0 atom stereocenters. The number of nitrogens with zero attached hydrogens (tertiary/aromatic N) is 4. The quantitative estimate of drug-likeness (QED) is 0.560. The van der Waals surface area contributed by atoms with Gasteiger partial charge < -0.3 is 0 Å². The number of hydrogen-bond donors (Lipinski definition) is 0. The predicted octanol–water partition coefficient (Wildman–Crippen LogP) is 3.10. The first-order valence-corrected chi connectivity index (χ1v) is 1.03. The van der Waals surface area contributed by atoms with Crippen LogP contribution < -0.4 is 0 Å². The number of nitriles is 4. The van der Waals surface area contributed by atoms with E-state index in [9.17, 15) is 0 Å². The molecular weight excluding hydrogens is 152 g/mol. The Balaban J connectivity index is -0.00000000267. The first kappa shape index (κ1) is 208. The second-order valence-corrected chi connectivity index (χ2v) is 0. The van der Waals surface area contributed by atoms with Gasteiger partial charge in [0.05, 0.1) is 0 Å². The number of hydrogen-bond acceptors (Lipinski definition) is 4. The zero-order chi connectivity index (χ0) is 8.00. The molecule has 0 spiro atoms. The fourth-order valence-electron chi connectivity index (χ4n) is 0. The smallest absolute Gasteiger partial charge is 0.0462 e. The molecule has 0 N–H and O–H groups in total. The van der Waals surface area contributed by atoms with E-state index in [0.29, 0.717) is 0 Å². The maximum Gasteiger partial charge on any atom is 0.0462 e. The molecule has 0 heterocycles. The van der Waals surface area contributed by atoms with Gasteiger partial charge in [-0.25, -0.2) is 21.0 Å². The lowest BCUT2D eigenvalue weighted by Gasteiger charge is -0.668. The van der Waals surface area contributed by atoms with Gasteiger partial charge in [-0.15, -0.1) is 0 Å². The fourth-order valence-corrected chi connectivity index (χ4v) is 0. The second kappa shape index (κ2) is 136. The van der Waals surface area contributed by atoms with E-state index in [2.05, 4.69) is 26.3 Å². The highest BCUT2D eigenvalue weighted by Crippen LogP contribution is 0.592. The van der Waals surface area contributed by atoms with Gasteiger partial charge in [0.2, 0.25) is 0 Å². The summed E-state index contributed by atoms with van der Waals surface area (Å²) in [6, 6.07) is 0. The van der Waals surface area contributed by atoms with Crippen molar-refractivity contribution in [3.63, 3.8) is 0 Å². The molecule has 0 aromatic heterocycles. The third-order valence-corrected chi connectivity index (χ3v) is 0. The molecule has 0 unspecified atom stereocenters. The summed E-state index contributed by atoms with van der Waals surface area (Å²) in [5.74, 6) is 0. The van der Waals surface area contributed by atoms with Crippen LogP contribution in [0, 0.1) is 47.3 Å². The summed E-state index contributed by atoms with van der Waals surface area (Å²) in [5.41, 5.74) is 0. The molecule has 0 aliphatic heterocycles. The summed E-state index contributed by atoms with van der Waals surface area (Å²) >= 11 is 0. The van der Waals surface area contributed by atoms with Gasteiger partial charge in [0.25, 0.3) is 0 Å². The zero-order valence-electron chi connectivity index (χ0n) is 4.10. The molecule has 12 heavy (non-hydrogen) atoms. The molecule has 4 heteroatoms. The first-order valence-electron chi connectivity index (χ1n) is 1.03. The Morgan fingerprint density at radius 3 is 0.333 bits per heavy atom. The molecule has 0 saturated carbocycles. The van der Waals surface area contributed by atoms with Crippen LogP contribution in [0.15, 0.2) is 0 Å². The van der Waals surface area contributed by atoms with Crippen LogP contribution in [0.3, 0.4) is 0 Å². The third kappa shape index (κ3) is 92.7. The molecule has 0 rings (SSSR count). The fraction of sp³-hybridized carbons (Fsp3) is 0.500. The molecule has 0 saturated heterocycles. The van der Waals surface area contributed by atoms with E-state index in [-0.39, 0.29) is 29.7 Å². The molecule has 0 bridgehead atoms. The highest BCUT2D eigenvalue weighted by atomic mass is 14.2. The minimum absolute atomic E-state index is 0. The van der Waals surface area contributed by atoms with Crippen molar-refractivity contribution in [2.45, 2.75) is 29.7 Å². The minimum atomic E-state index is 0. The van der Waals surface area contributed by atoms with Crippen LogP contribution in [0.4, 0.5) is 0 Å². The maximum atomic E-state index is 6.50. The standard InChI is InChI=1S/4CHN.4CH4/c4*1-2;;;;/h4*1H;4*1H4. The molecule has 0 aromatic rings. The highest BCUT2D eigenvalue weighted by molar-refractivity contribution is 4.04. The van der Waals surface area contributed by atoms with Crippen LogP contribution in [0.1, 0.15) is 29.7 Å². The monoisotopic (exact) mass is 172 g/mol. The van der Waals surface area contributed by atoms with Crippen molar-refractivity contribution in [2.24, 2.45) is 0 Å². The lowest BCUT2D eigenvalue weighted by atomic mass is 11.9. The second-order valence-electron chi connectivity index (χ2n) is 0. The van der Waals surface area contributed by atoms with E-state index in [0.717, 1.165) is 0 Å². The van der Waals surface area contributed by atoms with Crippen molar-refractivity contribution in [1.29, 1.82) is 21.0 Å². The van der Waals surface area contributed by atoms with Crippen molar-refractivity contribution < 1.29 is 0 Å². The summed E-state index contributed by atoms with van der Waals surface area (Å²) in [7, 11) is 0. The van der Waals surface area contributed by atoms with Gasteiger partial charge in [-0.2, -0.15) is 0 Å². The maximum absolute atomic E-state index is 6.50. The van der Waals surface area contributed by atoms with Gasteiger partial charge in [-0.3, -0.25) is 0 Å². The van der Waals surface area contributed by atoms with E-state index >= 15 is 0 Å². The Kier molecular flexibility index (Phi) is 2370. The molecule has 72 valence electrons. The Morgan fingerprint density at radius 2 is 0.333 bits per heavy atom. The Labute approximate surface area is 77.9 Å². The number of rotatable bonds is 0. The molecule has 0 aromatic carbocycles. The van der Waals surface area contributed by atoms with Crippen molar-refractivity contribution in [3.8, 4) is 26.3 Å². The van der Waals surface area contributed by atoms with Gasteiger partial charge in [0, 0.05) is 26.3 Å². The summed E-state index contributed by atoms with van der Waals surface area (Å²) in [5, 5.41) is 26.0. The van der Waals surface area contributed by atoms with Crippen molar-refractivity contribution in [3.05, 3.63) is 0 Å². The van der Waals surface area contributed by atoms with Crippen molar-refractivity contribution in [2.75, 3.05) is 0 Å². The van der Waals surface area contributed by atoms with Crippen molar-refractivity contribution in [1.82, 2.24) is 0 Å². The van der Waals surface area contributed by atoms with E-state index in [1.807, 2.05) is 0 Å². The zero-order valence-corrected chi connectivity index (χ0v) is 4.10. The molecule has 0 aliphatic rings. The van der Waals surface area contributed by atoms with Crippen LogP contribution in [-0.2, 0) is 0 Å². The van der Waals surface area contributed by atoms with Crippen LogP contribution in [-0.4, -0.2) is 0 Å². The van der Waals surface area contributed by atoms with Gasteiger partial charge >= 0.3 is 0 Å². The molecule has 0 radical (unpaired) electrons. The van der Waals surface area contributed by atoms with Gasteiger partial charge in [0.1, 0.15) is 0 Å². The molecule has 4 nitrogen and oxygen atoms in total. The summed E-state index contributed by atoms with van der Waals surface area (Å²) in [6.07, 6.45) is 0. The summed E-state index contributed by atoms with van der Waals surface area (Å²) in [4.78, 5) is 0. The van der Waals surface area contributed by atoms with E-state index in [1.165, 1.54) is 0 Å². The van der Waals surface area contributed by atoms with Crippen LogP contribution in [0.2, 0.25) is 0 Å². The molecule has 0 fully saturated rings. The Hall–Kier alpha value is -2.04. The molecule has 0 aliphatic carbocycles. The lowest BCUT2D eigenvalue weighted by Crippen LogP contribution is -0.569. The largest absolute Gasteiger partial charge is 0.202 e. The van der Waals surface area contributed by atoms with Crippen molar-refractivity contribution >= 4 is 0 Å². The Morgan fingerprint density at radius 1 is 0.333 bits per heavy atom. The van der Waals surface area contributed by atoms with E-state index < -0.39 is 0 Å². The molecule has 0 amide bonds. The lowest BCUT2D eigenvalue weighted by molar-refractivity contribution is 1.58. The average Bonchev–Trinajstić information content (AvgIpc) is 2.03. The Bertz CT molecular complexity index is 54.0. The van der Waals surface area contributed by atoms with Crippen LogP contribution >= 0.6 is 0 Å². The van der Waals surface area contributed by atoms with Gasteiger partial charge in [-0.1, -0.05) is 29.7 Å². The summed E-state index contributed by atoms with van der Waals surface area (Å²) in [6.45, 7) is 14.0. The van der Waals surface area contributed by atoms with E-state index in [1.54, 1.807) is 0 Å².